The van der Waals surface area contributed by atoms with Gasteiger partial charge >= 0.3 is 0 Å². The number of hydrogen-bond acceptors (Lipinski definition) is 4. The van der Waals surface area contributed by atoms with E-state index in [1.165, 1.54) is 6.08 Å². The first-order valence-electron chi connectivity index (χ1n) is 6.77. The Labute approximate surface area is 135 Å². The van der Waals surface area contributed by atoms with Gasteiger partial charge in [-0.15, -0.1) is 11.8 Å². The Morgan fingerprint density at radius 3 is 2.09 bits per heavy atom. The van der Waals surface area contributed by atoms with Crippen molar-refractivity contribution < 1.29 is 14.3 Å². The summed E-state index contributed by atoms with van der Waals surface area (Å²) in [5.74, 6) is 1.28. The maximum atomic E-state index is 12.2. The first-order chi connectivity index (χ1) is 10.7. The molecule has 114 valence electrons. The van der Waals surface area contributed by atoms with Crippen molar-refractivity contribution in [3.05, 3.63) is 59.7 Å². The van der Waals surface area contributed by atoms with Gasteiger partial charge in [-0.1, -0.05) is 6.07 Å². The Morgan fingerprint density at radius 1 is 1.00 bits per heavy atom. The molecular formula is C18H18O3S. The van der Waals surface area contributed by atoms with Gasteiger partial charge in [0.2, 0.25) is 0 Å². The van der Waals surface area contributed by atoms with Gasteiger partial charge in [0.1, 0.15) is 11.5 Å². The molecule has 0 aliphatic rings. The van der Waals surface area contributed by atoms with E-state index in [9.17, 15) is 4.79 Å². The van der Waals surface area contributed by atoms with Crippen LogP contribution in [-0.2, 0) is 0 Å². The van der Waals surface area contributed by atoms with Crippen molar-refractivity contribution >= 4 is 23.6 Å². The van der Waals surface area contributed by atoms with Crippen LogP contribution in [-0.4, -0.2) is 26.3 Å². The Kier molecular flexibility index (Phi) is 5.67. The number of rotatable bonds is 6. The number of benzene rings is 2. The Balaban J connectivity index is 2.25. The van der Waals surface area contributed by atoms with E-state index < -0.39 is 0 Å². The van der Waals surface area contributed by atoms with Crippen LogP contribution in [0.15, 0.2) is 53.4 Å². The SMILES string of the molecule is COc1cccc(OC)c1/C=C/C(=O)c1ccc(SC)cc1. The zero-order valence-corrected chi connectivity index (χ0v) is 13.6. The summed E-state index contributed by atoms with van der Waals surface area (Å²) in [6.07, 6.45) is 5.27. The monoisotopic (exact) mass is 314 g/mol. The van der Waals surface area contributed by atoms with Crippen molar-refractivity contribution in [3.8, 4) is 11.5 Å². The predicted octanol–water partition coefficient (Wildman–Crippen LogP) is 4.32. The smallest absolute Gasteiger partial charge is 0.185 e. The maximum Gasteiger partial charge on any atom is 0.185 e. The van der Waals surface area contributed by atoms with Crippen molar-refractivity contribution in [3.63, 3.8) is 0 Å². The molecular weight excluding hydrogens is 296 g/mol. The highest BCUT2D eigenvalue weighted by molar-refractivity contribution is 7.98. The molecule has 3 nitrogen and oxygen atoms in total. The van der Waals surface area contributed by atoms with E-state index >= 15 is 0 Å². The van der Waals surface area contributed by atoms with Crippen LogP contribution < -0.4 is 9.47 Å². The largest absolute Gasteiger partial charge is 0.496 e. The predicted molar refractivity (Wildman–Crippen MR) is 91.1 cm³/mol. The van der Waals surface area contributed by atoms with Gasteiger partial charge in [-0.2, -0.15) is 0 Å². The lowest BCUT2D eigenvalue weighted by Gasteiger charge is -2.09. The van der Waals surface area contributed by atoms with E-state index in [-0.39, 0.29) is 5.78 Å². The standard InChI is InChI=1S/C18H18O3S/c1-20-17-5-4-6-18(21-2)15(17)11-12-16(19)13-7-9-14(22-3)10-8-13/h4-12H,1-3H3/b12-11+. The van der Waals surface area contributed by atoms with Crippen molar-refractivity contribution in [2.24, 2.45) is 0 Å². The average molecular weight is 314 g/mol. The van der Waals surface area contributed by atoms with E-state index in [4.69, 9.17) is 9.47 Å². The van der Waals surface area contributed by atoms with Gasteiger partial charge in [-0.25, -0.2) is 0 Å². The molecule has 0 fully saturated rings. The molecule has 0 heterocycles. The lowest BCUT2D eigenvalue weighted by atomic mass is 10.1. The number of ketones is 1. The van der Waals surface area contributed by atoms with Crippen LogP contribution in [0.4, 0.5) is 0 Å². The van der Waals surface area contributed by atoms with Crippen LogP contribution in [0, 0.1) is 0 Å². The van der Waals surface area contributed by atoms with Crippen LogP contribution >= 0.6 is 11.8 Å². The fraction of sp³-hybridized carbons (Fsp3) is 0.167. The van der Waals surface area contributed by atoms with Gasteiger partial charge in [-0.05, 0) is 54.8 Å². The minimum atomic E-state index is -0.0550. The molecule has 0 saturated carbocycles. The first-order valence-corrected chi connectivity index (χ1v) is 7.99. The maximum absolute atomic E-state index is 12.2. The summed E-state index contributed by atoms with van der Waals surface area (Å²) in [4.78, 5) is 13.4. The van der Waals surface area contributed by atoms with E-state index in [0.29, 0.717) is 17.1 Å². The number of methoxy groups -OCH3 is 2. The Hall–Kier alpha value is -2.20. The van der Waals surface area contributed by atoms with Crippen LogP contribution in [0.5, 0.6) is 11.5 Å². The average Bonchev–Trinajstić information content (AvgIpc) is 2.59. The molecule has 0 radical (unpaired) electrons. The molecule has 0 aromatic heterocycles. The fourth-order valence-electron chi connectivity index (χ4n) is 2.05. The fourth-order valence-corrected chi connectivity index (χ4v) is 2.46. The Morgan fingerprint density at radius 2 is 1.59 bits per heavy atom. The van der Waals surface area contributed by atoms with Gasteiger partial charge in [0.05, 0.1) is 19.8 Å². The topological polar surface area (TPSA) is 35.5 Å². The normalized spacial score (nSPS) is 10.7. The van der Waals surface area contributed by atoms with Gasteiger partial charge in [0.25, 0.3) is 0 Å². The zero-order chi connectivity index (χ0) is 15.9. The zero-order valence-electron chi connectivity index (χ0n) is 12.8. The molecule has 0 aliphatic heterocycles. The number of carbonyl (C=O) groups is 1. The highest BCUT2D eigenvalue weighted by Gasteiger charge is 2.08. The number of carbonyl (C=O) groups excluding carboxylic acids is 1. The minimum Gasteiger partial charge on any atom is -0.496 e. The van der Waals surface area contributed by atoms with Crippen LogP contribution in [0.3, 0.4) is 0 Å². The highest BCUT2D eigenvalue weighted by atomic mass is 32.2. The molecule has 0 unspecified atom stereocenters. The minimum absolute atomic E-state index is 0.0550. The first kappa shape index (κ1) is 16.2. The number of ether oxygens (including phenoxy) is 2. The molecule has 22 heavy (non-hydrogen) atoms. The second-order valence-corrected chi connectivity index (χ2v) is 5.38. The molecule has 2 aromatic rings. The molecule has 0 bridgehead atoms. The van der Waals surface area contributed by atoms with E-state index in [1.807, 2.05) is 48.7 Å². The van der Waals surface area contributed by atoms with Gasteiger partial charge in [-0.3, -0.25) is 4.79 Å². The third-order valence-electron chi connectivity index (χ3n) is 3.24. The van der Waals surface area contributed by atoms with Gasteiger partial charge in [0, 0.05) is 10.5 Å². The molecule has 0 aliphatic carbocycles. The molecule has 4 heteroatoms. The number of thioether (sulfide) groups is 1. The van der Waals surface area contributed by atoms with Crippen molar-refractivity contribution in [1.82, 2.24) is 0 Å². The van der Waals surface area contributed by atoms with E-state index in [0.717, 1.165) is 10.5 Å². The summed E-state index contributed by atoms with van der Waals surface area (Å²) < 4.78 is 10.6. The van der Waals surface area contributed by atoms with Crippen LogP contribution in [0.25, 0.3) is 6.08 Å². The molecule has 0 N–H and O–H groups in total. The summed E-state index contributed by atoms with van der Waals surface area (Å²) in [5, 5.41) is 0. The summed E-state index contributed by atoms with van der Waals surface area (Å²) >= 11 is 1.65. The van der Waals surface area contributed by atoms with E-state index in [1.54, 1.807) is 32.1 Å². The second-order valence-electron chi connectivity index (χ2n) is 4.50. The summed E-state index contributed by atoms with van der Waals surface area (Å²) in [5.41, 5.74) is 1.41. The lowest BCUT2D eigenvalue weighted by molar-refractivity contribution is 0.104. The highest BCUT2D eigenvalue weighted by Crippen LogP contribution is 2.29. The van der Waals surface area contributed by atoms with Crippen LogP contribution in [0.1, 0.15) is 15.9 Å². The quantitative estimate of drug-likeness (QED) is 0.452. The summed E-state index contributed by atoms with van der Waals surface area (Å²) in [6.45, 7) is 0. The molecule has 0 saturated heterocycles. The lowest BCUT2D eigenvalue weighted by Crippen LogP contribution is -1.95. The third kappa shape index (κ3) is 3.71. The second kappa shape index (κ2) is 7.71. The van der Waals surface area contributed by atoms with E-state index in [2.05, 4.69) is 0 Å². The van der Waals surface area contributed by atoms with Crippen molar-refractivity contribution in [2.75, 3.05) is 20.5 Å². The molecule has 0 spiro atoms. The van der Waals surface area contributed by atoms with Crippen molar-refractivity contribution in [2.45, 2.75) is 4.90 Å². The third-order valence-corrected chi connectivity index (χ3v) is 3.99. The van der Waals surface area contributed by atoms with Crippen molar-refractivity contribution in [1.29, 1.82) is 0 Å². The Bertz CT molecular complexity index is 653. The summed E-state index contributed by atoms with van der Waals surface area (Å²) in [6, 6.07) is 13.1. The molecule has 0 atom stereocenters. The molecule has 2 aromatic carbocycles. The van der Waals surface area contributed by atoms with Gasteiger partial charge in [0.15, 0.2) is 5.78 Å². The number of allylic oxidation sites excluding steroid dienone is 1. The molecule has 2 rings (SSSR count). The van der Waals surface area contributed by atoms with Gasteiger partial charge < -0.3 is 9.47 Å². The number of hydrogen-bond donors (Lipinski definition) is 0. The summed E-state index contributed by atoms with van der Waals surface area (Å²) in [7, 11) is 3.18. The molecule has 0 amide bonds. The van der Waals surface area contributed by atoms with Crippen LogP contribution in [0.2, 0.25) is 0 Å².